The van der Waals surface area contributed by atoms with Crippen LogP contribution >= 0.6 is 0 Å². The van der Waals surface area contributed by atoms with Crippen LogP contribution in [0, 0.1) is 13.8 Å². The number of carboxylic acid groups (broad SMARTS) is 1. The molecule has 2 aromatic heterocycles. The van der Waals surface area contributed by atoms with Gasteiger partial charge in [-0.1, -0.05) is 6.92 Å². The van der Waals surface area contributed by atoms with Crippen molar-refractivity contribution in [3.8, 4) is 11.4 Å². The molecule has 2 aromatic rings. The largest absolute Gasteiger partial charge is 0.479 e. The summed E-state index contributed by atoms with van der Waals surface area (Å²) in [7, 11) is 0. The summed E-state index contributed by atoms with van der Waals surface area (Å²) in [6.07, 6.45) is 0.374. The van der Waals surface area contributed by atoms with Crippen molar-refractivity contribution in [2.24, 2.45) is 0 Å². The van der Waals surface area contributed by atoms with Crippen molar-refractivity contribution >= 4 is 5.97 Å². The Balaban J connectivity index is 2.61. The minimum Gasteiger partial charge on any atom is -0.479 e. The molecule has 0 saturated carbocycles. The van der Waals surface area contributed by atoms with E-state index >= 15 is 0 Å². The van der Waals surface area contributed by atoms with Crippen molar-refractivity contribution in [1.82, 2.24) is 25.2 Å². The number of nitrogens with zero attached hydrogens (tertiary/aromatic N) is 5. The summed E-state index contributed by atoms with van der Waals surface area (Å²) in [6, 6.07) is 3.71. The first kappa shape index (κ1) is 14.1. The maximum Gasteiger partial charge on any atom is 0.331 e. The van der Waals surface area contributed by atoms with E-state index < -0.39 is 11.5 Å². The first-order valence-corrected chi connectivity index (χ1v) is 6.37. The highest BCUT2D eigenvalue weighted by Crippen LogP contribution is 2.27. The molecule has 20 heavy (non-hydrogen) atoms. The molecule has 0 aromatic carbocycles. The molecule has 0 aliphatic rings. The van der Waals surface area contributed by atoms with E-state index in [0.29, 0.717) is 12.2 Å². The van der Waals surface area contributed by atoms with Crippen molar-refractivity contribution in [3.63, 3.8) is 0 Å². The minimum atomic E-state index is -1.18. The van der Waals surface area contributed by atoms with Crippen molar-refractivity contribution in [2.45, 2.75) is 39.7 Å². The Morgan fingerprint density at radius 1 is 1.40 bits per heavy atom. The molecule has 0 fully saturated rings. The number of tetrazole rings is 1. The molecule has 2 rings (SSSR count). The normalized spacial score (nSPS) is 14.0. The van der Waals surface area contributed by atoms with Crippen LogP contribution in [-0.2, 0) is 10.3 Å². The van der Waals surface area contributed by atoms with Crippen LogP contribution in [-0.4, -0.2) is 36.3 Å². The maximum absolute atomic E-state index is 11.5. The van der Waals surface area contributed by atoms with E-state index in [0.717, 1.165) is 17.0 Å². The quantitative estimate of drug-likeness (QED) is 0.910. The fraction of sp³-hybridized carbons (Fsp3) is 0.462. The average Bonchev–Trinajstić information content (AvgIpc) is 2.87. The summed E-state index contributed by atoms with van der Waals surface area (Å²) in [6.45, 7) is 7.14. The zero-order chi connectivity index (χ0) is 14.9. The lowest BCUT2D eigenvalue weighted by atomic mass is 9.99. The molecule has 0 spiro atoms. The van der Waals surface area contributed by atoms with Gasteiger partial charge in [0, 0.05) is 17.0 Å². The zero-order valence-electron chi connectivity index (χ0n) is 12.0. The molecule has 7 nitrogen and oxygen atoms in total. The lowest BCUT2D eigenvalue weighted by Crippen LogP contribution is -2.39. The number of carboxylic acids is 1. The summed E-state index contributed by atoms with van der Waals surface area (Å²) >= 11 is 0. The van der Waals surface area contributed by atoms with Gasteiger partial charge >= 0.3 is 5.97 Å². The molecule has 1 N–H and O–H groups in total. The van der Waals surface area contributed by atoms with Crippen molar-refractivity contribution in [2.75, 3.05) is 0 Å². The average molecular weight is 275 g/mol. The summed E-state index contributed by atoms with van der Waals surface area (Å²) in [5, 5.41) is 20.9. The van der Waals surface area contributed by atoms with Gasteiger partial charge in [0.05, 0.1) is 0 Å². The highest BCUT2D eigenvalue weighted by molar-refractivity contribution is 5.77. The SMILES string of the molecule is CCC(C)(C(=O)O)n1nnnc1-c1ccc(C)nc1C. The van der Waals surface area contributed by atoms with E-state index in [2.05, 4.69) is 20.5 Å². The number of rotatable bonds is 4. The Kier molecular flexibility index (Phi) is 3.52. The number of aliphatic carboxylic acids is 1. The summed E-state index contributed by atoms with van der Waals surface area (Å²) in [5.41, 5.74) is 1.21. The summed E-state index contributed by atoms with van der Waals surface area (Å²) < 4.78 is 1.36. The maximum atomic E-state index is 11.5. The third kappa shape index (κ3) is 2.15. The van der Waals surface area contributed by atoms with E-state index in [1.54, 1.807) is 13.8 Å². The van der Waals surface area contributed by atoms with Crippen LogP contribution in [0.3, 0.4) is 0 Å². The molecule has 2 heterocycles. The van der Waals surface area contributed by atoms with Crippen LogP contribution in [0.2, 0.25) is 0 Å². The van der Waals surface area contributed by atoms with E-state index in [9.17, 15) is 9.90 Å². The molecule has 0 aliphatic carbocycles. The van der Waals surface area contributed by atoms with Gasteiger partial charge in [-0.25, -0.2) is 9.48 Å². The minimum absolute atomic E-state index is 0.374. The third-order valence-electron chi connectivity index (χ3n) is 3.55. The molecule has 0 bridgehead atoms. The van der Waals surface area contributed by atoms with Crippen LogP contribution in [0.1, 0.15) is 31.7 Å². The van der Waals surface area contributed by atoms with Gasteiger partial charge in [0.15, 0.2) is 11.4 Å². The van der Waals surface area contributed by atoms with Gasteiger partial charge in [-0.2, -0.15) is 0 Å². The second-order valence-corrected chi connectivity index (χ2v) is 4.93. The number of aromatic nitrogens is 5. The second kappa shape index (κ2) is 4.99. The van der Waals surface area contributed by atoms with Gasteiger partial charge in [-0.15, -0.1) is 5.10 Å². The van der Waals surface area contributed by atoms with E-state index in [-0.39, 0.29) is 0 Å². The Bertz CT molecular complexity index is 652. The van der Waals surface area contributed by atoms with Gasteiger partial charge in [-0.3, -0.25) is 4.98 Å². The molecule has 1 unspecified atom stereocenters. The van der Waals surface area contributed by atoms with E-state index in [4.69, 9.17) is 0 Å². The van der Waals surface area contributed by atoms with E-state index in [1.807, 2.05) is 26.0 Å². The van der Waals surface area contributed by atoms with Crippen LogP contribution in [0.5, 0.6) is 0 Å². The number of pyridine rings is 1. The van der Waals surface area contributed by atoms with Crippen LogP contribution in [0.15, 0.2) is 12.1 Å². The van der Waals surface area contributed by atoms with Gasteiger partial charge in [-0.05, 0) is 49.8 Å². The van der Waals surface area contributed by atoms with Crippen molar-refractivity contribution in [3.05, 3.63) is 23.5 Å². The van der Waals surface area contributed by atoms with Gasteiger partial charge in [0.2, 0.25) is 0 Å². The second-order valence-electron chi connectivity index (χ2n) is 4.93. The molecule has 0 aliphatic heterocycles. The lowest BCUT2D eigenvalue weighted by Gasteiger charge is -2.24. The predicted octanol–water partition coefficient (Wildman–Crippen LogP) is 1.56. The Hall–Kier alpha value is -2.31. The van der Waals surface area contributed by atoms with Gasteiger partial charge in [0.25, 0.3) is 0 Å². The molecular weight excluding hydrogens is 258 g/mol. The fourth-order valence-electron chi connectivity index (χ4n) is 2.00. The molecule has 1 atom stereocenters. The van der Waals surface area contributed by atoms with Gasteiger partial charge < -0.3 is 5.11 Å². The Labute approximate surface area is 116 Å². The topological polar surface area (TPSA) is 93.8 Å². The number of carbonyl (C=O) groups is 1. The smallest absolute Gasteiger partial charge is 0.331 e. The zero-order valence-corrected chi connectivity index (χ0v) is 12.0. The molecular formula is C13H17N5O2. The summed E-state index contributed by atoms with van der Waals surface area (Å²) in [4.78, 5) is 15.9. The first-order chi connectivity index (χ1) is 9.40. The molecule has 0 radical (unpaired) electrons. The van der Waals surface area contributed by atoms with Crippen LogP contribution in [0.4, 0.5) is 0 Å². The van der Waals surface area contributed by atoms with Gasteiger partial charge in [0.1, 0.15) is 0 Å². The fourth-order valence-corrected chi connectivity index (χ4v) is 2.00. The number of hydrogen-bond acceptors (Lipinski definition) is 5. The highest BCUT2D eigenvalue weighted by atomic mass is 16.4. The van der Waals surface area contributed by atoms with Crippen LogP contribution < -0.4 is 0 Å². The third-order valence-corrected chi connectivity index (χ3v) is 3.55. The molecule has 7 heteroatoms. The molecule has 0 saturated heterocycles. The van der Waals surface area contributed by atoms with Crippen LogP contribution in [0.25, 0.3) is 11.4 Å². The Morgan fingerprint density at radius 2 is 2.10 bits per heavy atom. The highest BCUT2D eigenvalue weighted by Gasteiger charge is 2.37. The first-order valence-electron chi connectivity index (χ1n) is 6.37. The predicted molar refractivity (Wildman–Crippen MR) is 72.1 cm³/mol. The Morgan fingerprint density at radius 3 is 2.65 bits per heavy atom. The summed E-state index contributed by atoms with van der Waals surface area (Å²) in [5.74, 6) is -0.548. The van der Waals surface area contributed by atoms with E-state index in [1.165, 1.54) is 4.68 Å². The molecule has 0 amide bonds. The van der Waals surface area contributed by atoms with Crippen molar-refractivity contribution < 1.29 is 9.90 Å². The number of hydrogen-bond donors (Lipinski definition) is 1. The standard InChI is InChI=1S/C13H17N5O2/c1-5-13(4,12(19)20)18-11(15-16-17-18)10-7-6-8(2)14-9(10)3/h6-7H,5H2,1-4H3,(H,19,20). The van der Waals surface area contributed by atoms with Crippen molar-refractivity contribution in [1.29, 1.82) is 0 Å². The monoisotopic (exact) mass is 275 g/mol. The number of aryl methyl sites for hydroxylation is 2. The lowest BCUT2D eigenvalue weighted by molar-refractivity contribution is -0.147. The molecule has 106 valence electrons.